The van der Waals surface area contributed by atoms with Crippen molar-refractivity contribution in [3.63, 3.8) is 0 Å². The molecule has 0 spiro atoms. The highest BCUT2D eigenvalue weighted by Gasteiger charge is 2.32. The Bertz CT molecular complexity index is 504. The largest absolute Gasteiger partial charge is 0.395 e. The van der Waals surface area contributed by atoms with E-state index in [1.807, 2.05) is 12.1 Å². The van der Waals surface area contributed by atoms with Gasteiger partial charge in [-0.3, -0.25) is 14.5 Å². The molecule has 0 aliphatic carbocycles. The van der Waals surface area contributed by atoms with E-state index in [0.717, 1.165) is 5.56 Å². The van der Waals surface area contributed by atoms with Crippen molar-refractivity contribution in [1.29, 1.82) is 0 Å². The van der Waals surface area contributed by atoms with Crippen LogP contribution in [0, 0.1) is 0 Å². The first kappa shape index (κ1) is 13.3. The van der Waals surface area contributed by atoms with Crippen LogP contribution in [0.1, 0.15) is 15.9 Å². The van der Waals surface area contributed by atoms with Gasteiger partial charge in [-0.05, 0) is 6.07 Å². The van der Waals surface area contributed by atoms with Crippen molar-refractivity contribution in [3.8, 4) is 0 Å². The Labute approximate surface area is 111 Å². The molecule has 1 heterocycles. The molecule has 0 radical (unpaired) electrons. The average Bonchev–Trinajstić information content (AvgIpc) is 2.65. The maximum absolute atomic E-state index is 12.2. The highest BCUT2D eigenvalue weighted by atomic mass is 16.3. The lowest BCUT2D eigenvalue weighted by Crippen LogP contribution is -2.39. The fourth-order valence-corrected chi connectivity index (χ4v) is 2.03. The monoisotopic (exact) mass is 260 g/mol. The maximum atomic E-state index is 12.2. The van der Waals surface area contributed by atoms with Gasteiger partial charge >= 0.3 is 0 Å². The molecule has 2 amide bonds. The Morgan fingerprint density at radius 3 is 2.58 bits per heavy atom. The average molecular weight is 260 g/mol. The number of hydrogen-bond donors (Lipinski definition) is 1. The molecule has 0 saturated carbocycles. The number of carbonyl (C=O) groups is 2. The molecular formula is C14H16N2O3. The number of amides is 2. The van der Waals surface area contributed by atoms with Crippen LogP contribution in [0.3, 0.4) is 0 Å². The van der Waals surface area contributed by atoms with E-state index in [-0.39, 0.29) is 31.5 Å². The van der Waals surface area contributed by atoms with E-state index in [4.69, 9.17) is 5.11 Å². The summed E-state index contributed by atoms with van der Waals surface area (Å²) >= 11 is 0. The lowest BCUT2D eigenvalue weighted by molar-refractivity contribution is -0.130. The van der Waals surface area contributed by atoms with Gasteiger partial charge in [-0.25, -0.2) is 0 Å². The summed E-state index contributed by atoms with van der Waals surface area (Å²) in [5.41, 5.74) is 1.89. The van der Waals surface area contributed by atoms with Crippen molar-refractivity contribution in [1.82, 2.24) is 9.80 Å². The summed E-state index contributed by atoms with van der Waals surface area (Å²) in [6.45, 7) is 3.97. The molecular weight excluding hydrogens is 244 g/mol. The van der Waals surface area contributed by atoms with E-state index in [1.165, 1.54) is 9.80 Å². The van der Waals surface area contributed by atoms with Crippen LogP contribution in [0.15, 0.2) is 30.8 Å². The number of rotatable bonds is 4. The summed E-state index contributed by atoms with van der Waals surface area (Å²) in [6, 6.07) is 7.16. The van der Waals surface area contributed by atoms with E-state index in [0.29, 0.717) is 11.3 Å². The second-order valence-corrected chi connectivity index (χ2v) is 4.42. The van der Waals surface area contributed by atoms with Crippen LogP contribution in [-0.2, 0) is 4.79 Å². The second kappa shape index (κ2) is 5.24. The molecule has 2 rings (SSSR count). The van der Waals surface area contributed by atoms with E-state index < -0.39 is 0 Å². The van der Waals surface area contributed by atoms with Crippen LogP contribution in [0.5, 0.6) is 0 Å². The quantitative estimate of drug-likeness (QED) is 0.860. The van der Waals surface area contributed by atoms with Crippen molar-refractivity contribution < 1.29 is 14.7 Å². The first-order chi connectivity index (χ1) is 9.06. The predicted molar refractivity (Wildman–Crippen MR) is 71.2 cm³/mol. The van der Waals surface area contributed by atoms with Gasteiger partial charge in [0.05, 0.1) is 6.61 Å². The molecule has 0 aromatic heterocycles. The van der Waals surface area contributed by atoms with Gasteiger partial charge in [0.1, 0.15) is 6.54 Å². The van der Waals surface area contributed by atoms with Crippen LogP contribution in [0.2, 0.25) is 0 Å². The molecule has 5 heteroatoms. The third-order valence-electron chi connectivity index (χ3n) is 3.19. The molecule has 0 bridgehead atoms. The molecule has 5 nitrogen and oxygen atoms in total. The number of likely N-dealkylation sites (N-methyl/N-ethyl adjacent to an activating group) is 1. The molecule has 1 aliphatic heterocycles. The van der Waals surface area contributed by atoms with Crippen LogP contribution >= 0.6 is 0 Å². The number of benzene rings is 1. The summed E-state index contributed by atoms with van der Waals surface area (Å²) in [7, 11) is 1.59. The minimum absolute atomic E-state index is 0.0527. The summed E-state index contributed by atoms with van der Waals surface area (Å²) in [4.78, 5) is 26.8. The molecule has 1 aliphatic rings. The molecule has 1 aromatic rings. The minimum Gasteiger partial charge on any atom is -0.395 e. The molecule has 0 saturated heterocycles. The van der Waals surface area contributed by atoms with E-state index in [2.05, 4.69) is 6.58 Å². The fourth-order valence-electron chi connectivity index (χ4n) is 2.03. The minimum atomic E-state index is -0.226. The van der Waals surface area contributed by atoms with Gasteiger partial charge < -0.3 is 10.0 Å². The Balaban J connectivity index is 2.14. The number of fused-ring (bicyclic) bond motifs is 1. The highest BCUT2D eigenvalue weighted by molar-refractivity contribution is 6.10. The first-order valence-electron chi connectivity index (χ1n) is 6.01. The number of hydrogen-bond acceptors (Lipinski definition) is 3. The van der Waals surface area contributed by atoms with Gasteiger partial charge in [0.15, 0.2) is 0 Å². The van der Waals surface area contributed by atoms with E-state index in [1.54, 1.807) is 19.2 Å². The van der Waals surface area contributed by atoms with Gasteiger partial charge in [0.2, 0.25) is 5.91 Å². The van der Waals surface area contributed by atoms with E-state index >= 15 is 0 Å². The highest BCUT2D eigenvalue weighted by Crippen LogP contribution is 2.30. The molecule has 0 fully saturated rings. The smallest absolute Gasteiger partial charge is 0.259 e. The Morgan fingerprint density at radius 1 is 1.37 bits per heavy atom. The molecule has 1 N–H and O–H groups in total. The molecule has 19 heavy (non-hydrogen) atoms. The molecule has 0 atom stereocenters. The Hall–Kier alpha value is -2.14. The summed E-state index contributed by atoms with van der Waals surface area (Å²) < 4.78 is 0. The molecule has 100 valence electrons. The third-order valence-corrected chi connectivity index (χ3v) is 3.19. The summed E-state index contributed by atoms with van der Waals surface area (Å²) in [5.74, 6) is -0.428. The van der Waals surface area contributed by atoms with Crippen molar-refractivity contribution in [3.05, 3.63) is 42.0 Å². The van der Waals surface area contributed by atoms with Crippen molar-refractivity contribution in [2.75, 3.05) is 26.7 Å². The number of nitrogens with zero attached hydrogens (tertiary/aromatic N) is 2. The molecule has 1 aromatic carbocycles. The zero-order valence-corrected chi connectivity index (χ0v) is 10.8. The fraction of sp³-hybridized carbons (Fsp3) is 0.286. The van der Waals surface area contributed by atoms with Gasteiger partial charge in [0, 0.05) is 30.4 Å². The Kier molecular flexibility index (Phi) is 3.66. The van der Waals surface area contributed by atoms with E-state index in [9.17, 15) is 9.59 Å². The standard InChI is InChI=1S/C14H16N2O3/c1-10-11-5-3-4-6-12(11)14(19)16(10)9-13(18)15(2)7-8-17/h3-6,17H,1,7-9H2,2H3. The van der Waals surface area contributed by atoms with Crippen molar-refractivity contribution in [2.45, 2.75) is 0 Å². The topological polar surface area (TPSA) is 60.9 Å². The zero-order chi connectivity index (χ0) is 14.0. The SMILES string of the molecule is C=C1c2ccccc2C(=O)N1CC(=O)N(C)CCO. The number of aliphatic hydroxyl groups excluding tert-OH is 1. The maximum Gasteiger partial charge on any atom is 0.259 e. The lowest BCUT2D eigenvalue weighted by atomic mass is 10.1. The van der Waals surface area contributed by atoms with Crippen LogP contribution in [0.25, 0.3) is 5.70 Å². The zero-order valence-electron chi connectivity index (χ0n) is 10.8. The van der Waals surface area contributed by atoms with Gasteiger partial charge in [-0.2, -0.15) is 0 Å². The van der Waals surface area contributed by atoms with Crippen molar-refractivity contribution in [2.24, 2.45) is 0 Å². The number of carbonyl (C=O) groups excluding carboxylic acids is 2. The van der Waals surface area contributed by atoms with Gasteiger partial charge in [-0.15, -0.1) is 0 Å². The normalized spacial score (nSPS) is 13.7. The van der Waals surface area contributed by atoms with Crippen LogP contribution in [0.4, 0.5) is 0 Å². The third kappa shape index (κ3) is 2.37. The number of aliphatic hydroxyl groups is 1. The Morgan fingerprint density at radius 2 is 2.00 bits per heavy atom. The summed E-state index contributed by atoms with van der Waals surface area (Å²) in [6.07, 6.45) is 0. The van der Waals surface area contributed by atoms with Crippen LogP contribution in [-0.4, -0.2) is 53.5 Å². The lowest BCUT2D eigenvalue weighted by Gasteiger charge is -2.21. The predicted octanol–water partition coefficient (Wildman–Crippen LogP) is 0.564. The van der Waals surface area contributed by atoms with Gasteiger partial charge in [0.25, 0.3) is 5.91 Å². The van der Waals surface area contributed by atoms with Crippen molar-refractivity contribution >= 4 is 17.5 Å². The van der Waals surface area contributed by atoms with Gasteiger partial charge in [-0.1, -0.05) is 24.8 Å². The van der Waals surface area contributed by atoms with Crippen LogP contribution < -0.4 is 0 Å². The molecule has 0 unspecified atom stereocenters. The first-order valence-corrected chi connectivity index (χ1v) is 6.01. The summed E-state index contributed by atoms with van der Waals surface area (Å²) in [5, 5.41) is 8.80. The second-order valence-electron chi connectivity index (χ2n) is 4.42.